The molecule has 4 nitrogen and oxygen atoms in total. The molecule has 0 spiro atoms. The van der Waals surface area contributed by atoms with E-state index in [0.29, 0.717) is 5.92 Å². The lowest BCUT2D eigenvalue weighted by molar-refractivity contribution is 0.227. The number of nitrogens with zero attached hydrogens (tertiary/aromatic N) is 3. The van der Waals surface area contributed by atoms with E-state index in [1.54, 1.807) is 6.07 Å². The second-order valence-electron chi connectivity index (χ2n) is 5.32. The van der Waals surface area contributed by atoms with E-state index < -0.39 is 0 Å². The van der Waals surface area contributed by atoms with E-state index in [1.165, 1.54) is 23.5 Å². The van der Waals surface area contributed by atoms with Crippen molar-refractivity contribution in [2.45, 2.75) is 26.4 Å². The van der Waals surface area contributed by atoms with E-state index >= 15 is 0 Å². The van der Waals surface area contributed by atoms with Crippen molar-refractivity contribution >= 4 is 0 Å². The van der Waals surface area contributed by atoms with Crippen LogP contribution in [0.3, 0.4) is 0 Å². The van der Waals surface area contributed by atoms with E-state index in [-0.39, 0.29) is 5.82 Å². The molecule has 100 valence electrons. The van der Waals surface area contributed by atoms with Crippen molar-refractivity contribution in [2.75, 3.05) is 6.54 Å². The Kier molecular flexibility index (Phi) is 3.29. The smallest absolute Gasteiger partial charge is 0.141 e. The van der Waals surface area contributed by atoms with Crippen molar-refractivity contribution in [3.05, 3.63) is 47.3 Å². The van der Waals surface area contributed by atoms with Crippen LogP contribution in [0, 0.1) is 11.7 Å². The number of fused-ring (bicyclic) bond motifs is 1. The number of rotatable bonds is 2. The zero-order valence-corrected chi connectivity index (χ0v) is 10.9. The van der Waals surface area contributed by atoms with Crippen LogP contribution >= 0.6 is 0 Å². The predicted octanol–water partition coefficient (Wildman–Crippen LogP) is 2.14. The summed E-state index contributed by atoms with van der Waals surface area (Å²) in [6, 6.07) is 3.22. The van der Waals surface area contributed by atoms with Crippen molar-refractivity contribution in [1.82, 2.24) is 20.1 Å². The van der Waals surface area contributed by atoms with Gasteiger partial charge in [-0.25, -0.2) is 4.39 Å². The van der Waals surface area contributed by atoms with Crippen molar-refractivity contribution in [3.63, 3.8) is 0 Å². The molecule has 19 heavy (non-hydrogen) atoms. The average Bonchev–Trinajstić information content (AvgIpc) is 2.73. The maximum absolute atomic E-state index is 12.9. The maximum atomic E-state index is 12.9. The first-order valence-electron chi connectivity index (χ1n) is 6.54. The number of hydrogen-bond donors (Lipinski definition) is 1. The Hall–Kier alpha value is -1.75. The molecule has 0 aliphatic carbocycles. The lowest BCUT2D eigenvalue weighted by Crippen LogP contribution is -2.26. The fraction of sp³-hybridized carbons (Fsp3) is 0.429. The lowest BCUT2D eigenvalue weighted by atomic mass is 10.1. The molecule has 3 heterocycles. The average molecular weight is 260 g/mol. The number of aromatic nitrogens is 3. The Labute approximate surface area is 111 Å². The van der Waals surface area contributed by atoms with Gasteiger partial charge in [-0.15, -0.1) is 0 Å². The fourth-order valence-electron chi connectivity index (χ4n) is 2.66. The van der Waals surface area contributed by atoms with Gasteiger partial charge in [0.05, 0.1) is 18.1 Å². The predicted molar refractivity (Wildman–Crippen MR) is 69.8 cm³/mol. The first kappa shape index (κ1) is 12.3. The molecule has 0 bridgehead atoms. The Bertz CT molecular complexity index is 549. The van der Waals surface area contributed by atoms with E-state index in [2.05, 4.69) is 27.0 Å². The monoisotopic (exact) mass is 260 g/mol. The van der Waals surface area contributed by atoms with Gasteiger partial charge in [-0.2, -0.15) is 5.10 Å². The van der Waals surface area contributed by atoms with Gasteiger partial charge in [0.25, 0.3) is 0 Å². The second-order valence-corrected chi connectivity index (χ2v) is 5.32. The highest BCUT2D eigenvalue weighted by molar-refractivity contribution is 5.18. The van der Waals surface area contributed by atoms with Crippen LogP contribution in [-0.2, 0) is 19.5 Å². The van der Waals surface area contributed by atoms with Crippen molar-refractivity contribution in [1.29, 1.82) is 0 Å². The normalized spacial score (nSPS) is 20.0. The van der Waals surface area contributed by atoms with Crippen LogP contribution in [0.25, 0.3) is 0 Å². The molecule has 1 unspecified atom stereocenters. The molecular formula is C14H17FN4. The molecule has 0 saturated carbocycles. The molecule has 2 aromatic heterocycles. The first-order valence-corrected chi connectivity index (χ1v) is 6.54. The quantitative estimate of drug-likeness (QED) is 0.899. The van der Waals surface area contributed by atoms with Gasteiger partial charge in [-0.05, 0) is 24.5 Å². The summed E-state index contributed by atoms with van der Waals surface area (Å²) in [6.45, 7) is 4.87. The van der Waals surface area contributed by atoms with Crippen LogP contribution in [0.2, 0.25) is 0 Å². The molecule has 1 N–H and O–H groups in total. The van der Waals surface area contributed by atoms with E-state index in [4.69, 9.17) is 0 Å². The molecule has 2 aromatic rings. The van der Waals surface area contributed by atoms with Gasteiger partial charge >= 0.3 is 0 Å². The molecule has 0 fully saturated rings. The topological polar surface area (TPSA) is 44.8 Å². The van der Waals surface area contributed by atoms with Gasteiger partial charge in [0.2, 0.25) is 0 Å². The minimum absolute atomic E-state index is 0.287. The third-order valence-electron chi connectivity index (χ3n) is 3.50. The van der Waals surface area contributed by atoms with Gasteiger partial charge < -0.3 is 0 Å². The van der Waals surface area contributed by atoms with E-state index in [9.17, 15) is 4.39 Å². The Morgan fingerprint density at radius 1 is 1.42 bits per heavy atom. The van der Waals surface area contributed by atoms with Gasteiger partial charge in [-0.1, -0.05) is 6.92 Å². The zero-order chi connectivity index (χ0) is 13.2. The van der Waals surface area contributed by atoms with Gasteiger partial charge in [-0.3, -0.25) is 15.0 Å². The standard InChI is InChI=1S/C14H17FN4/c1-10-4-14-11(5-17-18-14)8-19(7-10)9-13-3-2-12(15)6-16-13/h2-3,5-6,10H,4,7-9H2,1H3,(H,17,18). The summed E-state index contributed by atoms with van der Waals surface area (Å²) in [5.41, 5.74) is 3.40. The van der Waals surface area contributed by atoms with Gasteiger partial charge in [0.15, 0.2) is 0 Å². The maximum Gasteiger partial charge on any atom is 0.141 e. The second kappa shape index (κ2) is 5.09. The van der Waals surface area contributed by atoms with Crippen LogP contribution < -0.4 is 0 Å². The number of nitrogens with one attached hydrogen (secondary N) is 1. The molecule has 0 aromatic carbocycles. The van der Waals surface area contributed by atoms with E-state index in [1.807, 2.05) is 6.20 Å². The van der Waals surface area contributed by atoms with Crippen molar-refractivity contribution < 1.29 is 4.39 Å². The summed E-state index contributed by atoms with van der Waals surface area (Å²) < 4.78 is 12.9. The number of pyridine rings is 1. The van der Waals surface area contributed by atoms with Crippen LogP contribution in [0.1, 0.15) is 23.9 Å². The number of aromatic amines is 1. The number of halogens is 1. The highest BCUT2D eigenvalue weighted by Crippen LogP contribution is 2.20. The molecule has 1 aliphatic heterocycles. The number of H-pyrrole nitrogens is 1. The summed E-state index contributed by atoms with van der Waals surface area (Å²) in [6.07, 6.45) is 4.21. The largest absolute Gasteiger partial charge is 0.293 e. The van der Waals surface area contributed by atoms with Crippen LogP contribution in [0.4, 0.5) is 4.39 Å². The molecule has 1 atom stereocenters. The summed E-state index contributed by atoms with van der Waals surface area (Å²) >= 11 is 0. The summed E-state index contributed by atoms with van der Waals surface area (Å²) in [4.78, 5) is 6.47. The molecule has 5 heteroatoms. The third-order valence-corrected chi connectivity index (χ3v) is 3.50. The van der Waals surface area contributed by atoms with Gasteiger partial charge in [0.1, 0.15) is 5.82 Å². The Morgan fingerprint density at radius 2 is 2.32 bits per heavy atom. The third kappa shape index (κ3) is 2.81. The van der Waals surface area contributed by atoms with Crippen molar-refractivity contribution in [2.24, 2.45) is 5.92 Å². The molecule has 3 rings (SSSR count). The SMILES string of the molecule is CC1Cc2[nH]ncc2CN(Cc2ccc(F)cn2)C1. The fourth-order valence-corrected chi connectivity index (χ4v) is 2.66. The minimum Gasteiger partial charge on any atom is -0.293 e. The summed E-state index contributed by atoms with van der Waals surface area (Å²) in [5, 5.41) is 7.19. The lowest BCUT2D eigenvalue weighted by Gasteiger charge is -2.21. The minimum atomic E-state index is -0.287. The zero-order valence-electron chi connectivity index (χ0n) is 10.9. The highest BCUT2D eigenvalue weighted by atomic mass is 19.1. The Morgan fingerprint density at radius 3 is 3.11 bits per heavy atom. The van der Waals surface area contributed by atoms with Crippen LogP contribution in [0.5, 0.6) is 0 Å². The molecule has 0 saturated heterocycles. The summed E-state index contributed by atoms with van der Waals surface area (Å²) in [5.74, 6) is 0.284. The number of hydrogen-bond acceptors (Lipinski definition) is 3. The summed E-state index contributed by atoms with van der Waals surface area (Å²) in [7, 11) is 0. The van der Waals surface area contributed by atoms with E-state index in [0.717, 1.165) is 31.7 Å². The molecular weight excluding hydrogens is 243 g/mol. The molecule has 0 radical (unpaired) electrons. The first-order chi connectivity index (χ1) is 9.20. The highest BCUT2D eigenvalue weighted by Gasteiger charge is 2.20. The van der Waals surface area contributed by atoms with Crippen LogP contribution in [0.15, 0.2) is 24.5 Å². The van der Waals surface area contributed by atoms with Crippen LogP contribution in [-0.4, -0.2) is 26.6 Å². The molecule has 1 aliphatic rings. The van der Waals surface area contributed by atoms with Gasteiger partial charge in [0, 0.05) is 30.9 Å². The molecule has 0 amide bonds. The Balaban J connectivity index is 1.76. The van der Waals surface area contributed by atoms with Crippen molar-refractivity contribution in [3.8, 4) is 0 Å².